The summed E-state index contributed by atoms with van der Waals surface area (Å²) >= 11 is 0.383. The third-order valence-electron chi connectivity index (χ3n) is 1.73. The highest BCUT2D eigenvalue weighted by atomic mass is 32.1. The van der Waals surface area contributed by atoms with Crippen molar-refractivity contribution < 1.29 is 18.0 Å². The molecular formula is C8H11F3N4OS. The highest BCUT2D eigenvalue weighted by molar-refractivity contribution is 7.15. The Morgan fingerprint density at radius 2 is 2.00 bits per heavy atom. The molecule has 0 radical (unpaired) electrons. The number of aromatic nitrogens is 2. The number of halogens is 3. The van der Waals surface area contributed by atoms with Crippen molar-refractivity contribution >= 4 is 22.4 Å². The molecule has 0 unspecified atom stereocenters. The molecule has 5 nitrogen and oxygen atoms in total. The van der Waals surface area contributed by atoms with E-state index in [2.05, 4.69) is 15.5 Å². The normalized spacial score (nSPS) is 12.5. The van der Waals surface area contributed by atoms with Crippen LogP contribution < -0.4 is 11.1 Å². The summed E-state index contributed by atoms with van der Waals surface area (Å²) in [5.74, 6) is -0.553. The second-order valence-corrected chi connectivity index (χ2v) is 5.04. The Morgan fingerprint density at radius 1 is 1.41 bits per heavy atom. The van der Waals surface area contributed by atoms with Crippen LogP contribution in [0.1, 0.15) is 25.3 Å². The summed E-state index contributed by atoms with van der Waals surface area (Å²) in [6.07, 6.45) is -4.53. The Bertz CT molecular complexity index is 415. The summed E-state index contributed by atoms with van der Waals surface area (Å²) in [7, 11) is 0. The van der Waals surface area contributed by atoms with E-state index in [4.69, 9.17) is 5.73 Å². The topological polar surface area (TPSA) is 80.9 Å². The van der Waals surface area contributed by atoms with Gasteiger partial charge in [0.1, 0.15) is 0 Å². The number of carbonyl (C=O) groups excluding carboxylic acids is 1. The lowest BCUT2D eigenvalue weighted by Crippen LogP contribution is -2.35. The van der Waals surface area contributed by atoms with Crippen molar-refractivity contribution in [1.82, 2.24) is 10.2 Å². The molecule has 0 aliphatic carbocycles. The van der Waals surface area contributed by atoms with Crippen molar-refractivity contribution in [3.8, 4) is 0 Å². The molecule has 17 heavy (non-hydrogen) atoms. The fraction of sp³-hybridized carbons (Fsp3) is 0.625. The molecular weight excluding hydrogens is 257 g/mol. The van der Waals surface area contributed by atoms with Gasteiger partial charge < -0.3 is 11.1 Å². The van der Waals surface area contributed by atoms with E-state index in [1.807, 2.05) is 0 Å². The summed E-state index contributed by atoms with van der Waals surface area (Å²) in [4.78, 5) is 10.7. The monoisotopic (exact) mass is 268 g/mol. The van der Waals surface area contributed by atoms with Crippen LogP contribution in [0.3, 0.4) is 0 Å². The molecule has 96 valence electrons. The quantitative estimate of drug-likeness (QED) is 0.869. The number of hydrogen-bond donors (Lipinski definition) is 2. The van der Waals surface area contributed by atoms with E-state index in [1.54, 1.807) is 13.8 Å². The van der Waals surface area contributed by atoms with E-state index in [0.29, 0.717) is 11.3 Å². The summed E-state index contributed by atoms with van der Waals surface area (Å²) in [5.41, 5.74) is 4.25. The van der Waals surface area contributed by atoms with Crippen LogP contribution in [0.25, 0.3) is 0 Å². The van der Waals surface area contributed by atoms with Crippen LogP contribution >= 0.6 is 11.3 Å². The number of carbonyl (C=O) groups is 1. The van der Waals surface area contributed by atoms with Crippen molar-refractivity contribution in [2.75, 3.05) is 5.32 Å². The minimum atomic E-state index is -4.51. The van der Waals surface area contributed by atoms with Crippen LogP contribution in [-0.4, -0.2) is 21.6 Å². The van der Waals surface area contributed by atoms with Gasteiger partial charge in [-0.3, -0.25) is 4.79 Å². The highest BCUT2D eigenvalue weighted by Crippen LogP contribution is 2.33. The summed E-state index contributed by atoms with van der Waals surface area (Å²) in [6, 6.07) is 0. The molecule has 1 heterocycles. The Morgan fingerprint density at radius 3 is 2.41 bits per heavy atom. The van der Waals surface area contributed by atoms with Crippen molar-refractivity contribution in [2.24, 2.45) is 5.73 Å². The largest absolute Gasteiger partial charge is 0.445 e. The van der Waals surface area contributed by atoms with Crippen LogP contribution in [0, 0.1) is 0 Å². The van der Waals surface area contributed by atoms with Crippen LogP contribution in [0.2, 0.25) is 0 Å². The first-order valence-electron chi connectivity index (χ1n) is 4.57. The van der Waals surface area contributed by atoms with Gasteiger partial charge in [-0.15, -0.1) is 10.2 Å². The number of primary amides is 1. The van der Waals surface area contributed by atoms with Crippen LogP contribution in [0.4, 0.5) is 18.3 Å². The van der Waals surface area contributed by atoms with Gasteiger partial charge in [0.05, 0.1) is 0 Å². The zero-order chi connectivity index (χ0) is 13.3. The Hall–Kier alpha value is -1.38. The Balaban J connectivity index is 2.76. The van der Waals surface area contributed by atoms with Crippen LogP contribution in [-0.2, 0) is 11.0 Å². The van der Waals surface area contributed by atoms with Gasteiger partial charge in [0, 0.05) is 12.0 Å². The first kappa shape index (κ1) is 13.7. The lowest BCUT2D eigenvalue weighted by atomic mass is 10.0. The number of alkyl halides is 3. The number of amides is 1. The summed E-state index contributed by atoms with van der Waals surface area (Å²) in [5, 5.41) is 8.03. The lowest BCUT2D eigenvalue weighted by molar-refractivity contribution is -0.138. The maximum Gasteiger partial charge on any atom is 0.445 e. The molecule has 0 aliphatic rings. The van der Waals surface area contributed by atoms with E-state index in [0.717, 1.165) is 0 Å². The van der Waals surface area contributed by atoms with Crippen molar-refractivity contribution in [3.63, 3.8) is 0 Å². The molecule has 0 aliphatic heterocycles. The SMILES string of the molecule is CC(C)(CC(N)=O)Nc1nnc(C(F)(F)F)s1. The van der Waals surface area contributed by atoms with Gasteiger partial charge in [-0.25, -0.2) is 0 Å². The number of nitrogens with one attached hydrogen (secondary N) is 1. The fourth-order valence-electron chi connectivity index (χ4n) is 1.16. The first-order valence-corrected chi connectivity index (χ1v) is 5.39. The summed E-state index contributed by atoms with van der Waals surface area (Å²) < 4.78 is 36.8. The molecule has 1 amide bonds. The smallest absolute Gasteiger partial charge is 0.370 e. The van der Waals surface area contributed by atoms with E-state index in [1.165, 1.54) is 0 Å². The number of anilines is 1. The minimum Gasteiger partial charge on any atom is -0.370 e. The molecule has 0 fully saturated rings. The maximum absolute atomic E-state index is 12.3. The molecule has 0 aromatic carbocycles. The molecule has 0 spiro atoms. The molecule has 9 heteroatoms. The molecule has 1 aromatic heterocycles. The second-order valence-electron chi connectivity index (χ2n) is 4.06. The van der Waals surface area contributed by atoms with Crippen molar-refractivity contribution in [2.45, 2.75) is 32.0 Å². The van der Waals surface area contributed by atoms with E-state index in [9.17, 15) is 18.0 Å². The molecule has 0 atom stereocenters. The zero-order valence-electron chi connectivity index (χ0n) is 9.13. The van der Waals surface area contributed by atoms with Gasteiger partial charge >= 0.3 is 6.18 Å². The molecule has 1 rings (SSSR count). The van der Waals surface area contributed by atoms with Gasteiger partial charge in [0.25, 0.3) is 0 Å². The van der Waals surface area contributed by atoms with Gasteiger partial charge in [-0.05, 0) is 13.8 Å². The van der Waals surface area contributed by atoms with Crippen LogP contribution in [0.15, 0.2) is 0 Å². The molecule has 1 aromatic rings. The average Bonchev–Trinajstić information content (AvgIpc) is 2.47. The minimum absolute atomic E-state index is 0.00331. The number of nitrogens with two attached hydrogens (primary N) is 1. The van der Waals surface area contributed by atoms with Gasteiger partial charge in [-0.1, -0.05) is 11.3 Å². The Labute approximate surface area is 99.2 Å². The number of rotatable bonds is 4. The number of nitrogens with zero attached hydrogens (tertiary/aromatic N) is 2. The maximum atomic E-state index is 12.3. The van der Waals surface area contributed by atoms with Gasteiger partial charge in [-0.2, -0.15) is 13.2 Å². The predicted molar refractivity (Wildman–Crippen MR) is 56.4 cm³/mol. The number of hydrogen-bond acceptors (Lipinski definition) is 5. The van der Waals surface area contributed by atoms with Gasteiger partial charge in [0.15, 0.2) is 0 Å². The van der Waals surface area contributed by atoms with E-state index >= 15 is 0 Å². The highest BCUT2D eigenvalue weighted by Gasteiger charge is 2.36. The first-order chi connectivity index (χ1) is 7.60. The van der Waals surface area contributed by atoms with Crippen LogP contribution in [0.5, 0.6) is 0 Å². The third-order valence-corrected chi connectivity index (χ3v) is 2.61. The summed E-state index contributed by atoms with van der Waals surface area (Å²) in [6.45, 7) is 3.26. The molecule has 0 saturated heterocycles. The predicted octanol–water partition coefficient (Wildman–Crippen LogP) is 1.62. The zero-order valence-corrected chi connectivity index (χ0v) is 9.95. The fourth-order valence-corrected chi connectivity index (χ4v) is 1.95. The van der Waals surface area contributed by atoms with E-state index < -0.39 is 22.6 Å². The lowest BCUT2D eigenvalue weighted by Gasteiger charge is -2.23. The standard InChI is InChI=1S/C8H11F3N4OS/c1-7(2,3-4(12)16)13-6-15-14-5(17-6)8(9,10)11/h3H2,1-2H3,(H2,12,16)(H,13,15). The average molecular weight is 268 g/mol. The molecule has 0 bridgehead atoms. The van der Waals surface area contributed by atoms with Crippen molar-refractivity contribution in [1.29, 1.82) is 0 Å². The van der Waals surface area contributed by atoms with Crippen molar-refractivity contribution in [3.05, 3.63) is 5.01 Å². The molecule has 0 saturated carbocycles. The van der Waals surface area contributed by atoms with Gasteiger partial charge in [0.2, 0.25) is 16.0 Å². The Kier molecular flexibility index (Phi) is 3.60. The third kappa shape index (κ3) is 4.17. The molecule has 3 N–H and O–H groups in total. The van der Waals surface area contributed by atoms with E-state index in [-0.39, 0.29) is 11.6 Å². The second kappa shape index (κ2) is 4.47.